The monoisotopic (exact) mass is 202 g/mol. The first-order chi connectivity index (χ1) is 7.27. The maximum atomic E-state index is 9.36. The van der Waals surface area contributed by atoms with Crippen molar-refractivity contribution in [3.63, 3.8) is 0 Å². The van der Waals surface area contributed by atoms with E-state index in [4.69, 9.17) is 0 Å². The molecule has 2 nitrogen and oxygen atoms in total. The molecule has 78 valence electrons. The Morgan fingerprint density at radius 1 is 1.00 bits per heavy atom. The smallest absolute Gasteiger partial charge is 0.0691 e. The fraction of sp³-hybridized carbons (Fsp3) is 0.231. The average molecular weight is 202 g/mol. The summed E-state index contributed by atoms with van der Waals surface area (Å²) >= 11 is 0. The summed E-state index contributed by atoms with van der Waals surface area (Å²) in [5.41, 5.74) is 2.71. The van der Waals surface area contributed by atoms with Crippen LogP contribution in [0.1, 0.15) is 16.7 Å². The molecule has 0 radical (unpaired) electrons. The zero-order valence-electron chi connectivity index (χ0n) is 8.70. The first kappa shape index (κ1) is 10.1. The highest BCUT2D eigenvalue weighted by atomic mass is 16.3. The number of aliphatic hydroxyl groups excluding tert-OH is 2. The zero-order chi connectivity index (χ0) is 10.8. The summed E-state index contributed by atoms with van der Waals surface area (Å²) in [5, 5.41) is 20.8. The minimum absolute atomic E-state index is 0.0213. The first-order valence-corrected chi connectivity index (χ1v) is 4.99. The molecule has 0 saturated heterocycles. The van der Waals surface area contributed by atoms with Gasteiger partial charge in [-0.1, -0.05) is 30.3 Å². The highest BCUT2D eigenvalue weighted by molar-refractivity contribution is 5.87. The Morgan fingerprint density at radius 3 is 2.33 bits per heavy atom. The SMILES string of the molecule is Cc1cc2ccccc2c(CO)c1CO. The van der Waals surface area contributed by atoms with Gasteiger partial charge >= 0.3 is 0 Å². The lowest BCUT2D eigenvalue weighted by molar-refractivity contribution is 0.260. The van der Waals surface area contributed by atoms with Crippen molar-refractivity contribution in [1.29, 1.82) is 0 Å². The molecule has 0 aliphatic carbocycles. The molecule has 15 heavy (non-hydrogen) atoms. The van der Waals surface area contributed by atoms with Gasteiger partial charge in [-0.3, -0.25) is 0 Å². The van der Waals surface area contributed by atoms with Gasteiger partial charge in [0.15, 0.2) is 0 Å². The highest BCUT2D eigenvalue weighted by Crippen LogP contribution is 2.25. The van der Waals surface area contributed by atoms with Crippen molar-refractivity contribution in [2.45, 2.75) is 20.1 Å². The number of aliphatic hydroxyl groups is 2. The van der Waals surface area contributed by atoms with Crippen molar-refractivity contribution in [2.75, 3.05) is 0 Å². The van der Waals surface area contributed by atoms with Crippen LogP contribution in [-0.4, -0.2) is 10.2 Å². The maximum Gasteiger partial charge on any atom is 0.0691 e. The molecule has 2 heteroatoms. The number of fused-ring (bicyclic) bond motifs is 1. The summed E-state index contributed by atoms with van der Waals surface area (Å²) in [7, 11) is 0. The van der Waals surface area contributed by atoms with E-state index < -0.39 is 0 Å². The second-order valence-corrected chi connectivity index (χ2v) is 3.69. The van der Waals surface area contributed by atoms with Crippen LogP contribution in [0.5, 0.6) is 0 Å². The van der Waals surface area contributed by atoms with Gasteiger partial charge in [-0.05, 0) is 34.4 Å². The fourth-order valence-corrected chi connectivity index (χ4v) is 2.02. The minimum atomic E-state index is -0.0297. The lowest BCUT2D eigenvalue weighted by Gasteiger charge is -2.12. The number of aryl methyl sites for hydroxylation is 1. The minimum Gasteiger partial charge on any atom is -0.392 e. The Kier molecular flexibility index (Phi) is 2.71. The predicted octanol–water partition coefficient (Wildman–Crippen LogP) is 2.13. The molecular weight excluding hydrogens is 188 g/mol. The van der Waals surface area contributed by atoms with Crippen LogP contribution in [-0.2, 0) is 13.2 Å². The van der Waals surface area contributed by atoms with Crippen molar-refractivity contribution in [3.05, 3.63) is 47.0 Å². The van der Waals surface area contributed by atoms with E-state index in [1.54, 1.807) is 0 Å². The molecule has 0 spiro atoms. The molecule has 0 aliphatic rings. The van der Waals surface area contributed by atoms with Crippen LogP contribution in [0.4, 0.5) is 0 Å². The van der Waals surface area contributed by atoms with Crippen molar-refractivity contribution in [1.82, 2.24) is 0 Å². The van der Waals surface area contributed by atoms with Crippen LogP contribution in [0, 0.1) is 6.92 Å². The molecule has 0 bridgehead atoms. The van der Waals surface area contributed by atoms with Crippen LogP contribution < -0.4 is 0 Å². The topological polar surface area (TPSA) is 40.5 Å². The molecule has 0 heterocycles. The second kappa shape index (κ2) is 4.01. The number of hydrogen-bond acceptors (Lipinski definition) is 2. The van der Waals surface area contributed by atoms with Gasteiger partial charge in [0.2, 0.25) is 0 Å². The third-order valence-electron chi connectivity index (χ3n) is 2.81. The first-order valence-electron chi connectivity index (χ1n) is 4.99. The summed E-state index contributed by atoms with van der Waals surface area (Å²) in [4.78, 5) is 0. The molecule has 2 N–H and O–H groups in total. The molecule has 2 aromatic carbocycles. The largest absolute Gasteiger partial charge is 0.392 e. The Bertz CT molecular complexity index is 489. The molecule has 2 aromatic rings. The van der Waals surface area contributed by atoms with E-state index in [0.29, 0.717) is 0 Å². The Morgan fingerprint density at radius 2 is 1.67 bits per heavy atom. The van der Waals surface area contributed by atoms with Crippen molar-refractivity contribution in [3.8, 4) is 0 Å². The van der Waals surface area contributed by atoms with Crippen LogP contribution in [0.2, 0.25) is 0 Å². The average Bonchev–Trinajstić information content (AvgIpc) is 2.27. The van der Waals surface area contributed by atoms with E-state index in [-0.39, 0.29) is 13.2 Å². The standard InChI is InChI=1S/C13H14O2/c1-9-6-10-4-2-3-5-11(10)13(8-15)12(9)7-14/h2-6,14-15H,7-8H2,1H3. The quantitative estimate of drug-likeness (QED) is 0.783. The molecule has 0 aromatic heterocycles. The predicted molar refractivity (Wildman–Crippen MR) is 60.5 cm³/mol. The zero-order valence-corrected chi connectivity index (χ0v) is 8.70. The molecule has 0 unspecified atom stereocenters. The summed E-state index contributed by atoms with van der Waals surface area (Å²) in [5.74, 6) is 0. The molecule has 0 saturated carbocycles. The molecule has 0 atom stereocenters. The maximum absolute atomic E-state index is 9.36. The van der Waals surface area contributed by atoms with Crippen LogP contribution in [0.3, 0.4) is 0 Å². The summed E-state index contributed by atoms with van der Waals surface area (Å²) in [6.45, 7) is 1.90. The van der Waals surface area contributed by atoms with Gasteiger partial charge in [0.25, 0.3) is 0 Å². The van der Waals surface area contributed by atoms with E-state index in [1.165, 1.54) is 0 Å². The Hall–Kier alpha value is -1.38. The summed E-state index contributed by atoms with van der Waals surface area (Å²) in [6, 6.07) is 9.95. The third kappa shape index (κ3) is 1.62. The van der Waals surface area contributed by atoms with Crippen LogP contribution in [0.15, 0.2) is 30.3 Å². The highest BCUT2D eigenvalue weighted by Gasteiger charge is 2.08. The van der Waals surface area contributed by atoms with Gasteiger partial charge in [0, 0.05) is 0 Å². The number of rotatable bonds is 2. The molecule has 0 amide bonds. The summed E-state index contributed by atoms with van der Waals surface area (Å²) in [6.07, 6.45) is 0. The van der Waals surface area contributed by atoms with Crippen molar-refractivity contribution >= 4 is 10.8 Å². The lowest BCUT2D eigenvalue weighted by Crippen LogP contribution is -1.98. The van der Waals surface area contributed by atoms with E-state index in [0.717, 1.165) is 27.5 Å². The van der Waals surface area contributed by atoms with Gasteiger partial charge in [-0.2, -0.15) is 0 Å². The molecule has 0 fully saturated rings. The normalized spacial score (nSPS) is 10.9. The molecule has 0 aliphatic heterocycles. The van der Waals surface area contributed by atoms with E-state index >= 15 is 0 Å². The van der Waals surface area contributed by atoms with Gasteiger partial charge < -0.3 is 10.2 Å². The molecule has 2 rings (SSSR count). The van der Waals surface area contributed by atoms with Crippen LogP contribution >= 0.6 is 0 Å². The summed E-state index contributed by atoms with van der Waals surface area (Å²) < 4.78 is 0. The van der Waals surface area contributed by atoms with Gasteiger partial charge in [-0.15, -0.1) is 0 Å². The Labute approximate surface area is 88.8 Å². The van der Waals surface area contributed by atoms with Gasteiger partial charge in [-0.25, -0.2) is 0 Å². The second-order valence-electron chi connectivity index (χ2n) is 3.69. The van der Waals surface area contributed by atoms with E-state index in [9.17, 15) is 10.2 Å². The van der Waals surface area contributed by atoms with Gasteiger partial charge in [0.05, 0.1) is 13.2 Å². The van der Waals surface area contributed by atoms with E-state index in [1.807, 2.05) is 37.3 Å². The number of hydrogen-bond donors (Lipinski definition) is 2. The third-order valence-corrected chi connectivity index (χ3v) is 2.81. The lowest BCUT2D eigenvalue weighted by atomic mass is 9.95. The van der Waals surface area contributed by atoms with E-state index in [2.05, 4.69) is 0 Å². The van der Waals surface area contributed by atoms with Crippen molar-refractivity contribution < 1.29 is 10.2 Å². The number of benzene rings is 2. The fourth-order valence-electron chi connectivity index (χ4n) is 2.02. The van der Waals surface area contributed by atoms with Gasteiger partial charge in [0.1, 0.15) is 0 Å². The Balaban J connectivity index is 2.84. The molecular formula is C13H14O2. The van der Waals surface area contributed by atoms with Crippen LogP contribution in [0.25, 0.3) is 10.8 Å². The van der Waals surface area contributed by atoms with Crippen molar-refractivity contribution in [2.24, 2.45) is 0 Å².